The molecule has 7 heteroatoms. The molecule has 92 valence electrons. The maximum absolute atomic E-state index is 13.1. The molecule has 0 bridgehead atoms. The molecule has 0 radical (unpaired) electrons. The van der Waals surface area contributed by atoms with E-state index in [1.165, 1.54) is 0 Å². The molecule has 0 aliphatic carbocycles. The van der Waals surface area contributed by atoms with Crippen molar-refractivity contribution in [1.82, 2.24) is 0 Å². The van der Waals surface area contributed by atoms with Crippen LogP contribution in [0.25, 0.3) is 0 Å². The molecule has 0 spiro atoms. The van der Waals surface area contributed by atoms with Crippen LogP contribution in [0.4, 0.5) is 13.2 Å². The summed E-state index contributed by atoms with van der Waals surface area (Å²) in [5.74, 6) is -9.41. The van der Waals surface area contributed by atoms with Crippen molar-refractivity contribution in [2.24, 2.45) is 5.92 Å². The highest BCUT2D eigenvalue weighted by Gasteiger charge is 2.28. The highest BCUT2D eigenvalue weighted by molar-refractivity contribution is 5.93. The van der Waals surface area contributed by atoms with Crippen molar-refractivity contribution >= 4 is 11.9 Å². The second-order valence-corrected chi connectivity index (χ2v) is 3.29. The molecule has 0 unspecified atom stereocenters. The van der Waals surface area contributed by atoms with Crippen molar-refractivity contribution in [3.8, 4) is 0 Å². The maximum atomic E-state index is 13.1. The van der Waals surface area contributed by atoms with Crippen LogP contribution in [0.15, 0.2) is 12.1 Å². The Kier molecular flexibility index (Phi) is 3.72. The third-order valence-corrected chi connectivity index (χ3v) is 2.09. The Balaban J connectivity index is 3.09. The standard InChI is InChI=1S/C10H7F3O4/c11-5-1-4(8(13)7(12)3-5)2-6(9(14)15)10(16)17/h1,3,6H,2H2,(H,14,15)(H,16,17). The van der Waals surface area contributed by atoms with Crippen LogP contribution in [0.3, 0.4) is 0 Å². The first-order valence-corrected chi connectivity index (χ1v) is 4.42. The lowest BCUT2D eigenvalue weighted by Crippen LogP contribution is -2.26. The summed E-state index contributed by atoms with van der Waals surface area (Å²) in [5, 5.41) is 17.1. The van der Waals surface area contributed by atoms with Crippen LogP contribution in [0.2, 0.25) is 0 Å². The lowest BCUT2D eigenvalue weighted by molar-refractivity contribution is -0.154. The molecule has 0 saturated heterocycles. The lowest BCUT2D eigenvalue weighted by atomic mass is 9.99. The molecule has 0 aromatic heterocycles. The van der Waals surface area contributed by atoms with E-state index in [0.29, 0.717) is 6.07 Å². The molecule has 0 aliphatic heterocycles. The molecule has 1 aromatic rings. The molecule has 0 saturated carbocycles. The van der Waals surface area contributed by atoms with Crippen molar-refractivity contribution in [3.63, 3.8) is 0 Å². The molecule has 0 atom stereocenters. The van der Waals surface area contributed by atoms with Crippen LogP contribution in [0.5, 0.6) is 0 Å². The Morgan fingerprint density at radius 3 is 2.12 bits per heavy atom. The SMILES string of the molecule is O=C(O)C(Cc1cc(F)cc(F)c1F)C(=O)O. The Hall–Kier alpha value is -2.05. The van der Waals surface area contributed by atoms with Crippen LogP contribution >= 0.6 is 0 Å². The fraction of sp³-hybridized carbons (Fsp3) is 0.200. The Morgan fingerprint density at radius 1 is 1.12 bits per heavy atom. The summed E-state index contributed by atoms with van der Waals surface area (Å²) in [6.07, 6.45) is -0.828. The van der Waals surface area contributed by atoms with Gasteiger partial charge in [0, 0.05) is 6.07 Å². The molecule has 0 fully saturated rings. The van der Waals surface area contributed by atoms with Gasteiger partial charge >= 0.3 is 11.9 Å². The van der Waals surface area contributed by atoms with Crippen LogP contribution in [0.1, 0.15) is 5.56 Å². The van der Waals surface area contributed by atoms with E-state index in [1.54, 1.807) is 0 Å². The number of rotatable bonds is 4. The lowest BCUT2D eigenvalue weighted by Gasteiger charge is -2.08. The number of aliphatic carboxylic acids is 2. The number of carboxylic acids is 2. The molecular weight excluding hydrogens is 241 g/mol. The molecule has 0 heterocycles. The second kappa shape index (κ2) is 4.86. The van der Waals surface area contributed by atoms with Gasteiger partial charge in [0.15, 0.2) is 17.6 Å². The van der Waals surface area contributed by atoms with Crippen molar-refractivity contribution < 1.29 is 33.0 Å². The van der Waals surface area contributed by atoms with Gasteiger partial charge in [-0.05, 0) is 18.1 Å². The first-order chi connectivity index (χ1) is 7.82. The van der Waals surface area contributed by atoms with Crippen molar-refractivity contribution in [1.29, 1.82) is 0 Å². The predicted molar refractivity (Wildman–Crippen MR) is 48.8 cm³/mol. The average Bonchev–Trinajstić information content (AvgIpc) is 2.19. The first-order valence-electron chi connectivity index (χ1n) is 4.42. The van der Waals surface area contributed by atoms with Crippen LogP contribution in [-0.2, 0) is 16.0 Å². The van der Waals surface area contributed by atoms with Gasteiger partial charge in [-0.15, -0.1) is 0 Å². The van der Waals surface area contributed by atoms with Gasteiger partial charge in [0.1, 0.15) is 5.82 Å². The van der Waals surface area contributed by atoms with Crippen LogP contribution in [0, 0.1) is 23.4 Å². The van der Waals surface area contributed by atoms with E-state index >= 15 is 0 Å². The van der Waals surface area contributed by atoms with E-state index in [-0.39, 0.29) is 6.07 Å². The zero-order chi connectivity index (χ0) is 13.2. The average molecular weight is 248 g/mol. The van der Waals surface area contributed by atoms with Crippen molar-refractivity contribution in [2.45, 2.75) is 6.42 Å². The molecule has 0 aliphatic rings. The Bertz CT molecular complexity index is 459. The predicted octanol–water partition coefficient (Wildman–Crippen LogP) is 1.43. The van der Waals surface area contributed by atoms with Crippen molar-refractivity contribution in [3.05, 3.63) is 35.1 Å². The van der Waals surface area contributed by atoms with E-state index in [4.69, 9.17) is 10.2 Å². The van der Waals surface area contributed by atoms with E-state index in [1.807, 2.05) is 0 Å². The summed E-state index contributed by atoms with van der Waals surface area (Å²) < 4.78 is 38.7. The fourth-order valence-electron chi connectivity index (χ4n) is 1.26. The van der Waals surface area contributed by atoms with Crippen LogP contribution < -0.4 is 0 Å². The monoisotopic (exact) mass is 248 g/mol. The quantitative estimate of drug-likeness (QED) is 0.624. The number of halogens is 3. The van der Waals surface area contributed by atoms with E-state index in [2.05, 4.69) is 0 Å². The molecule has 2 N–H and O–H groups in total. The van der Waals surface area contributed by atoms with E-state index in [0.717, 1.165) is 0 Å². The zero-order valence-electron chi connectivity index (χ0n) is 8.28. The molecular formula is C10H7F3O4. The number of hydrogen-bond acceptors (Lipinski definition) is 2. The fourth-order valence-corrected chi connectivity index (χ4v) is 1.26. The zero-order valence-corrected chi connectivity index (χ0v) is 8.28. The molecule has 0 amide bonds. The van der Waals surface area contributed by atoms with E-state index < -0.39 is 47.3 Å². The summed E-state index contributed by atoms with van der Waals surface area (Å²) >= 11 is 0. The van der Waals surface area contributed by atoms with Gasteiger partial charge in [0.2, 0.25) is 0 Å². The topological polar surface area (TPSA) is 74.6 Å². The van der Waals surface area contributed by atoms with Crippen LogP contribution in [-0.4, -0.2) is 22.2 Å². The highest BCUT2D eigenvalue weighted by atomic mass is 19.2. The molecule has 4 nitrogen and oxygen atoms in total. The number of carbonyl (C=O) groups is 2. The van der Waals surface area contributed by atoms with Gasteiger partial charge < -0.3 is 10.2 Å². The van der Waals surface area contributed by atoms with E-state index in [9.17, 15) is 22.8 Å². The summed E-state index contributed by atoms with van der Waals surface area (Å²) in [6, 6.07) is 0.854. The maximum Gasteiger partial charge on any atom is 0.318 e. The smallest absolute Gasteiger partial charge is 0.318 e. The van der Waals surface area contributed by atoms with Gasteiger partial charge in [-0.2, -0.15) is 0 Å². The number of carboxylic acid groups (broad SMARTS) is 2. The third kappa shape index (κ3) is 2.96. The molecule has 1 rings (SSSR count). The second-order valence-electron chi connectivity index (χ2n) is 3.29. The van der Waals surface area contributed by atoms with Gasteiger partial charge in [-0.1, -0.05) is 0 Å². The molecule has 1 aromatic carbocycles. The number of hydrogen-bond donors (Lipinski definition) is 2. The first kappa shape index (κ1) is 13.0. The Labute approximate surface area is 93.3 Å². The van der Waals surface area contributed by atoms with Gasteiger partial charge in [-0.25, -0.2) is 13.2 Å². The largest absolute Gasteiger partial charge is 0.481 e. The summed E-state index contributed by atoms with van der Waals surface area (Å²) in [6.45, 7) is 0. The summed E-state index contributed by atoms with van der Waals surface area (Å²) in [7, 11) is 0. The molecule has 17 heavy (non-hydrogen) atoms. The minimum absolute atomic E-state index is 0.287. The summed E-state index contributed by atoms with van der Waals surface area (Å²) in [5.41, 5.74) is -0.627. The summed E-state index contributed by atoms with van der Waals surface area (Å²) in [4.78, 5) is 21.1. The highest BCUT2D eigenvalue weighted by Crippen LogP contribution is 2.18. The van der Waals surface area contributed by atoms with Crippen molar-refractivity contribution in [2.75, 3.05) is 0 Å². The minimum Gasteiger partial charge on any atom is -0.481 e. The van der Waals surface area contributed by atoms with Gasteiger partial charge in [-0.3, -0.25) is 9.59 Å². The minimum atomic E-state index is -1.95. The Morgan fingerprint density at radius 2 is 1.65 bits per heavy atom. The van der Waals surface area contributed by atoms with Gasteiger partial charge in [0.25, 0.3) is 0 Å². The third-order valence-electron chi connectivity index (χ3n) is 2.09. The normalized spacial score (nSPS) is 10.6. The number of benzene rings is 1. The van der Waals surface area contributed by atoms with Gasteiger partial charge in [0.05, 0.1) is 0 Å².